The molecule has 1 unspecified atom stereocenters. The third-order valence-electron chi connectivity index (χ3n) is 4.50. The van der Waals surface area contributed by atoms with E-state index in [0.717, 1.165) is 17.7 Å². The van der Waals surface area contributed by atoms with Gasteiger partial charge in [0.15, 0.2) is 0 Å². The largest absolute Gasteiger partial charge is 0.417 e. The zero-order valence-electron chi connectivity index (χ0n) is 15.1. The van der Waals surface area contributed by atoms with Crippen LogP contribution in [-0.2, 0) is 27.4 Å². The van der Waals surface area contributed by atoms with Crippen molar-refractivity contribution in [1.29, 1.82) is 0 Å². The number of hydrogen-bond acceptors (Lipinski definition) is 3. The van der Waals surface area contributed by atoms with Crippen molar-refractivity contribution >= 4 is 54.8 Å². The van der Waals surface area contributed by atoms with Gasteiger partial charge in [-0.15, -0.1) is 0 Å². The number of fused-ring (bicyclic) bond motifs is 1. The van der Waals surface area contributed by atoms with Gasteiger partial charge in [0.2, 0.25) is 5.91 Å². The third-order valence-corrected chi connectivity index (χ3v) is 7.17. The van der Waals surface area contributed by atoms with Gasteiger partial charge in [0.05, 0.1) is 10.6 Å². The first-order valence-electron chi connectivity index (χ1n) is 8.33. The van der Waals surface area contributed by atoms with Gasteiger partial charge in [-0.2, -0.15) is 13.2 Å². The summed E-state index contributed by atoms with van der Waals surface area (Å²) in [6.45, 7) is 3.22. The molecule has 0 radical (unpaired) electrons. The molecule has 0 aliphatic carbocycles. The topological polar surface area (TPSA) is 66.5 Å². The summed E-state index contributed by atoms with van der Waals surface area (Å²) in [5.74, 6) is -0.234. The Morgan fingerprint density at radius 3 is 2.52 bits per heavy atom. The minimum Gasteiger partial charge on any atom is -0.309 e. The van der Waals surface area contributed by atoms with Crippen molar-refractivity contribution in [1.82, 2.24) is 0 Å². The number of rotatable bonds is 3. The molecule has 2 aromatic rings. The molecule has 1 heterocycles. The molecule has 156 valence electrons. The molecule has 1 aliphatic heterocycles. The number of nitrogens with one attached hydrogen (secondary N) is 1. The lowest BCUT2D eigenvalue weighted by molar-refractivity contribution is -0.137. The number of halogens is 5. The molecule has 0 spiro atoms. The van der Waals surface area contributed by atoms with Crippen molar-refractivity contribution < 1.29 is 26.4 Å². The number of nitrogens with zero attached hydrogens (tertiary/aromatic N) is 1. The lowest BCUT2D eigenvalue weighted by Gasteiger charge is -2.21. The van der Waals surface area contributed by atoms with Gasteiger partial charge in [-0.05, 0) is 65.2 Å². The monoisotopic (exact) mass is 510 g/mol. The zero-order chi connectivity index (χ0) is 21.7. The average Bonchev–Trinajstić information content (AvgIpc) is 2.89. The molecule has 0 saturated heterocycles. The van der Waals surface area contributed by atoms with E-state index in [1.165, 1.54) is 17.9 Å². The summed E-state index contributed by atoms with van der Waals surface area (Å²) in [5.41, 5.74) is -0.181. The van der Waals surface area contributed by atoms with Crippen LogP contribution in [0.25, 0.3) is 0 Å². The Labute approximate surface area is 179 Å². The summed E-state index contributed by atoms with van der Waals surface area (Å²) in [5, 5.41) is -0.537. The number of alkyl halides is 3. The van der Waals surface area contributed by atoms with E-state index in [9.17, 15) is 26.4 Å². The van der Waals surface area contributed by atoms with E-state index in [2.05, 4.69) is 20.7 Å². The van der Waals surface area contributed by atoms with Crippen LogP contribution >= 0.6 is 27.5 Å². The lowest BCUT2D eigenvalue weighted by atomic mass is 10.1. The first-order valence-corrected chi connectivity index (χ1v) is 11.0. The van der Waals surface area contributed by atoms with Gasteiger partial charge in [-0.25, -0.2) is 8.42 Å². The molecule has 0 bridgehead atoms. The lowest BCUT2D eigenvalue weighted by Crippen LogP contribution is -2.33. The minimum absolute atomic E-state index is 0.133. The standard InChI is InChI=1S/C18H15BrClF3N2O3S/c1-9-5-11-6-14(19)17(8-16(11)25(9)10(2)26)29(27,28)24-12-3-4-15(20)13(7-12)18(21,22)23/h3-4,6-9,24H,5H2,1-2H3. The molecule has 29 heavy (non-hydrogen) atoms. The van der Waals surface area contributed by atoms with Gasteiger partial charge in [0, 0.05) is 28.8 Å². The van der Waals surface area contributed by atoms with E-state index < -0.39 is 26.8 Å². The molecule has 0 saturated carbocycles. The van der Waals surface area contributed by atoms with Gasteiger partial charge in [0.25, 0.3) is 10.0 Å². The van der Waals surface area contributed by atoms with E-state index in [-0.39, 0.29) is 27.0 Å². The Morgan fingerprint density at radius 2 is 1.93 bits per heavy atom. The van der Waals surface area contributed by atoms with E-state index in [0.29, 0.717) is 18.2 Å². The molecule has 1 atom stereocenters. The second kappa shape index (κ2) is 7.48. The summed E-state index contributed by atoms with van der Waals surface area (Å²) >= 11 is 8.79. The predicted molar refractivity (Wildman–Crippen MR) is 108 cm³/mol. The van der Waals surface area contributed by atoms with Crippen molar-refractivity contribution in [3.63, 3.8) is 0 Å². The first-order chi connectivity index (χ1) is 13.3. The number of benzene rings is 2. The van der Waals surface area contributed by atoms with Crippen molar-refractivity contribution in [3.05, 3.63) is 51.0 Å². The fraction of sp³-hybridized carbons (Fsp3) is 0.278. The molecule has 1 N–H and O–H groups in total. The molecule has 0 aromatic heterocycles. The summed E-state index contributed by atoms with van der Waals surface area (Å²) < 4.78 is 67.3. The van der Waals surface area contributed by atoms with E-state index >= 15 is 0 Å². The summed E-state index contributed by atoms with van der Waals surface area (Å²) in [4.78, 5) is 13.2. The smallest absolute Gasteiger partial charge is 0.309 e. The van der Waals surface area contributed by atoms with Crippen LogP contribution in [0.15, 0.2) is 39.7 Å². The molecule has 1 amide bonds. The van der Waals surface area contributed by atoms with Crippen LogP contribution in [0, 0.1) is 0 Å². The number of carbonyl (C=O) groups excluding carboxylic acids is 1. The SMILES string of the molecule is CC(=O)N1c2cc(S(=O)(=O)Nc3ccc(Cl)c(C(F)(F)F)c3)c(Br)cc2CC1C. The van der Waals surface area contributed by atoms with Crippen LogP contribution in [0.2, 0.25) is 5.02 Å². The molecule has 0 fully saturated rings. The van der Waals surface area contributed by atoms with Crippen molar-refractivity contribution in [2.24, 2.45) is 0 Å². The van der Waals surface area contributed by atoms with E-state index in [1.807, 2.05) is 6.92 Å². The highest BCUT2D eigenvalue weighted by atomic mass is 79.9. The van der Waals surface area contributed by atoms with Gasteiger partial charge in [0.1, 0.15) is 4.90 Å². The van der Waals surface area contributed by atoms with Crippen LogP contribution in [0.3, 0.4) is 0 Å². The molecular formula is C18H15BrClF3N2O3S. The quantitative estimate of drug-likeness (QED) is 0.614. The van der Waals surface area contributed by atoms with Crippen molar-refractivity contribution in [2.75, 3.05) is 9.62 Å². The van der Waals surface area contributed by atoms with Crippen LogP contribution in [0.5, 0.6) is 0 Å². The fourth-order valence-electron chi connectivity index (χ4n) is 3.32. The molecule has 2 aromatic carbocycles. The van der Waals surface area contributed by atoms with Crippen molar-refractivity contribution in [3.8, 4) is 0 Å². The number of anilines is 2. The van der Waals surface area contributed by atoms with Crippen LogP contribution in [0.4, 0.5) is 24.5 Å². The minimum atomic E-state index is -4.73. The maximum Gasteiger partial charge on any atom is 0.417 e. The molecular weight excluding hydrogens is 497 g/mol. The number of sulfonamides is 1. The van der Waals surface area contributed by atoms with Crippen LogP contribution in [-0.4, -0.2) is 20.4 Å². The Hall–Kier alpha value is -1.78. The van der Waals surface area contributed by atoms with E-state index in [1.54, 1.807) is 6.07 Å². The Morgan fingerprint density at radius 1 is 1.28 bits per heavy atom. The van der Waals surface area contributed by atoms with Crippen molar-refractivity contribution in [2.45, 2.75) is 37.4 Å². The normalized spacial score (nSPS) is 16.7. The molecule has 5 nitrogen and oxygen atoms in total. The molecule has 1 aliphatic rings. The summed E-state index contributed by atoms with van der Waals surface area (Å²) in [6, 6.07) is 5.55. The Kier molecular flexibility index (Phi) is 5.65. The maximum absolute atomic E-state index is 13.0. The Balaban J connectivity index is 2.03. The van der Waals surface area contributed by atoms with Crippen LogP contribution < -0.4 is 9.62 Å². The van der Waals surface area contributed by atoms with E-state index in [4.69, 9.17) is 11.6 Å². The number of carbonyl (C=O) groups is 1. The van der Waals surface area contributed by atoms with Crippen LogP contribution in [0.1, 0.15) is 25.0 Å². The summed E-state index contributed by atoms with van der Waals surface area (Å²) in [6.07, 6.45) is -4.17. The number of hydrogen-bond donors (Lipinski definition) is 1. The second-order valence-corrected chi connectivity index (χ2v) is 9.56. The predicted octanol–water partition coefficient (Wildman–Crippen LogP) is 5.22. The van der Waals surface area contributed by atoms with Gasteiger partial charge < -0.3 is 4.90 Å². The average molecular weight is 512 g/mol. The second-order valence-electron chi connectivity index (χ2n) is 6.65. The van der Waals surface area contributed by atoms with Gasteiger partial charge in [-0.3, -0.25) is 9.52 Å². The van der Waals surface area contributed by atoms with Gasteiger partial charge >= 0.3 is 6.18 Å². The zero-order valence-corrected chi connectivity index (χ0v) is 18.3. The fourth-order valence-corrected chi connectivity index (χ4v) is 5.71. The highest BCUT2D eigenvalue weighted by Gasteiger charge is 2.34. The number of amides is 1. The summed E-state index contributed by atoms with van der Waals surface area (Å²) in [7, 11) is -4.25. The Bertz CT molecular complexity index is 1110. The van der Waals surface area contributed by atoms with Gasteiger partial charge in [-0.1, -0.05) is 11.6 Å². The highest BCUT2D eigenvalue weighted by molar-refractivity contribution is 9.10. The maximum atomic E-state index is 13.0. The molecule has 3 rings (SSSR count). The highest BCUT2D eigenvalue weighted by Crippen LogP contribution is 2.39. The molecule has 11 heteroatoms. The third kappa shape index (κ3) is 4.24. The first kappa shape index (κ1) is 21.9.